The van der Waals surface area contributed by atoms with Gasteiger partial charge in [0.05, 0.1) is 6.07 Å². The van der Waals surface area contributed by atoms with Crippen molar-refractivity contribution in [2.75, 3.05) is 19.6 Å². The molecule has 0 aliphatic carbocycles. The van der Waals surface area contributed by atoms with E-state index in [4.69, 9.17) is 5.26 Å². The Morgan fingerprint density at radius 2 is 2.32 bits per heavy atom. The lowest BCUT2D eigenvalue weighted by Gasteiger charge is -2.32. The Kier molecular flexibility index (Phi) is 4.53. The maximum atomic E-state index is 12.2. The predicted octanol–water partition coefficient (Wildman–Crippen LogP) is 1.25. The van der Waals surface area contributed by atoms with Crippen LogP contribution < -0.4 is 5.32 Å². The Morgan fingerprint density at radius 1 is 1.53 bits per heavy atom. The summed E-state index contributed by atoms with van der Waals surface area (Å²) in [6, 6.07) is 9.98. The van der Waals surface area contributed by atoms with Crippen LogP contribution in [0.2, 0.25) is 0 Å². The molecule has 1 N–H and O–H groups in total. The SMILES string of the molecule is Cc1ccccc1CCC(=O)N1CCNCC1C#N. The number of carbonyl (C=O) groups is 1. The number of hydrogen-bond donors (Lipinski definition) is 1. The molecule has 1 unspecified atom stereocenters. The largest absolute Gasteiger partial charge is 0.324 e. The fourth-order valence-corrected chi connectivity index (χ4v) is 2.39. The van der Waals surface area contributed by atoms with Crippen LogP contribution in [0.25, 0.3) is 0 Å². The van der Waals surface area contributed by atoms with E-state index in [9.17, 15) is 4.79 Å². The summed E-state index contributed by atoms with van der Waals surface area (Å²) in [6.45, 7) is 4.04. The Labute approximate surface area is 114 Å². The molecule has 1 amide bonds. The van der Waals surface area contributed by atoms with Crippen molar-refractivity contribution in [3.8, 4) is 6.07 Å². The normalized spacial score (nSPS) is 18.9. The number of aryl methyl sites for hydroxylation is 2. The molecule has 100 valence electrons. The average molecular weight is 257 g/mol. The highest BCUT2D eigenvalue weighted by molar-refractivity contribution is 5.77. The van der Waals surface area contributed by atoms with Crippen molar-refractivity contribution >= 4 is 5.91 Å². The number of benzene rings is 1. The third-order valence-corrected chi connectivity index (χ3v) is 3.58. The fourth-order valence-electron chi connectivity index (χ4n) is 2.39. The zero-order valence-corrected chi connectivity index (χ0v) is 11.2. The standard InChI is InChI=1S/C15H19N3O/c1-12-4-2-3-5-13(12)6-7-15(19)18-9-8-17-11-14(18)10-16/h2-5,14,17H,6-9,11H2,1H3. The third-order valence-electron chi connectivity index (χ3n) is 3.58. The van der Waals surface area contributed by atoms with E-state index in [0.29, 0.717) is 19.5 Å². The molecule has 0 bridgehead atoms. The lowest BCUT2D eigenvalue weighted by Crippen LogP contribution is -2.53. The topological polar surface area (TPSA) is 56.1 Å². The fraction of sp³-hybridized carbons (Fsp3) is 0.467. The van der Waals surface area contributed by atoms with E-state index in [2.05, 4.69) is 30.4 Å². The summed E-state index contributed by atoms with van der Waals surface area (Å²) in [5.41, 5.74) is 2.42. The summed E-state index contributed by atoms with van der Waals surface area (Å²) in [4.78, 5) is 13.9. The number of carbonyl (C=O) groups excluding carboxylic acids is 1. The van der Waals surface area contributed by atoms with E-state index in [1.807, 2.05) is 12.1 Å². The number of amides is 1. The second-order valence-electron chi connectivity index (χ2n) is 4.86. The zero-order valence-electron chi connectivity index (χ0n) is 11.2. The maximum absolute atomic E-state index is 12.2. The van der Waals surface area contributed by atoms with Crippen molar-refractivity contribution in [2.45, 2.75) is 25.8 Å². The molecule has 4 heteroatoms. The Morgan fingerprint density at radius 3 is 3.05 bits per heavy atom. The second-order valence-corrected chi connectivity index (χ2v) is 4.86. The van der Waals surface area contributed by atoms with Crippen molar-refractivity contribution in [1.29, 1.82) is 5.26 Å². The van der Waals surface area contributed by atoms with Gasteiger partial charge in [0, 0.05) is 26.1 Å². The summed E-state index contributed by atoms with van der Waals surface area (Å²) in [5, 5.41) is 12.2. The van der Waals surface area contributed by atoms with E-state index in [-0.39, 0.29) is 11.9 Å². The van der Waals surface area contributed by atoms with Gasteiger partial charge in [-0.05, 0) is 24.5 Å². The molecule has 1 aliphatic rings. The molecule has 1 fully saturated rings. The minimum Gasteiger partial charge on any atom is -0.324 e. The molecule has 1 atom stereocenters. The van der Waals surface area contributed by atoms with Gasteiger partial charge in [-0.1, -0.05) is 24.3 Å². The van der Waals surface area contributed by atoms with E-state index < -0.39 is 0 Å². The van der Waals surface area contributed by atoms with Crippen LogP contribution >= 0.6 is 0 Å². The van der Waals surface area contributed by atoms with Gasteiger partial charge < -0.3 is 10.2 Å². The molecule has 1 saturated heterocycles. The first-order valence-corrected chi connectivity index (χ1v) is 6.66. The van der Waals surface area contributed by atoms with Crippen LogP contribution in [0, 0.1) is 18.3 Å². The van der Waals surface area contributed by atoms with Crippen LogP contribution in [0.5, 0.6) is 0 Å². The highest BCUT2D eigenvalue weighted by Crippen LogP contribution is 2.12. The van der Waals surface area contributed by atoms with Gasteiger partial charge in [-0.2, -0.15) is 5.26 Å². The van der Waals surface area contributed by atoms with Crippen LogP contribution in [0.3, 0.4) is 0 Å². The van der Waals surface area contributed by atoms with Gasteiger partial charge in [0.2, 0.25) is 5.91 Å². The van der Waals surface area contributed by atoms with Crippen molar-refractivity contribution in [3.05, 3.63) is 35.4 Å². The molecule has 2 rings (SSSR count). The Balaban J connectivity index is 1.94. The predicted molar refractivity (Wildman–Crippen MR) is 73.5 cm³/mol. The first-order valence-electron chi connectivity index (χ1n) is 6.66. The summed E-state index contributed by atoms with van der Waals surface area (Å²) >= 11 is 0. The smallest absolute Gasteiger partial charge is 0.224 e. The van der Waals surface area contributed by atoms with Crippen LogP contribution in [-0.4, -0.2) is 36.5 Å². The van der Waals surface area contributed by atoms with Crippen molar-refractivity contribution in [2.24, 2.45) is 0 Å². The molecular weight excluding hydrogens is 238 g/mol. The molecule has 4 nitrogen and oxygen atoms in total. The third kappa shape index (κ3) is 3.33. The molecular formula is C15H19N3O. The van der Waals surface area contributed by atoms with E-state index in [1.54, 1.807) is 4.90 Å². The van der Waals surface area contributed by atoms with E-state index >= 15 is 0 Å². The number of nitriles is 1. The lowest BCUT2D eigenvalue weighted by atomic mass is 10.0. The Hall–Kier alpha value is -1.86. The summed E-state index contributed by atoms with van der Waals surface area (Å²) in [6.07, 6.45) is 1.22. The monoisotopic (exact) mass is 257 g/mol. The van der Waals surface area contributed by atoms with Crippen LogP contribution in [0.1, 0.15) is 17.5 Å². The van der Waals surface area contributed by atoms with Gasteiger partial charge in [0.1, 0.15) is 6.04 Å². The van der Waals surface area contributed by atoms with Gasteiger partial charge in [0.15, 0.2) is 0 Å². The van der Waals surface area contributed by atoms with Gasteiger partial charge in [-0.25, -0.2) is 0 Å². The first-order chi connectivity index (χ1) is 9.22. The van der Waals surface area contributed by atoms with Crippen LogP contribution in [-0.2, 0) is 11.2 Å². The van der Waals surface area contributed by atoms with Gasteiger partial charge in [0.25, 0.3) is 0 Å². The zero-order chi connectivity index (χ0) is 13.7. The molecule has 1 aliphatic heterocycles. The minimum absolute atomic E-state index is 0.0799. The number of hydrogen-bond acceptors (Lipinski definition) is 3. The molecule has 0 spiro atoms. The van der Waals surface area contributed by atoms with Crippen molar-refractivity contribution in [1.82, 2.24) is 10.2 Å². The van der Waals surface area contributed by atoms with Crippen LogP contribution in [0.15, 0.2) is 24.3 Å². The molecule has 0 radical (unpaired) electrons. The number of piperazine rings is 1. The molecule has 0 saturated carbocycles. The quantitative estimate of drug-likeness (QED) is 0.886. The Bertz CT molecular complexity index is 492. The number of nitrogens with one attached hydrogen (secondary N) is 1. The van der Waals surface area contributed by atoms with Crippen molar-refractivity contribution in [3.63, 3.8) is 0 Å². The molecule has 1 heterocycles. The summed E-state index contributed by atoms with van der Waals surface area (Å²) in [5.74, 6) is 0.0799. The maximum Gasteiger partial charge on any atom is 0.224 e. The average Bonchev–Trinajstić information content (AvgIpc) is 2.46. The number of nitrogens with zero attached hydrogens (tertiary/aromatic N) is 2. The molecule has 1 aromatic rings. The van der Waals surface area contributed by atoms with E-state index in [1.165, 1.54) is 11.1 Å². The van der Waals surface area contributed by atoms with Gasteiger partial charge in [-0.3, -0.25) is 4.79 Å². The van der Waals surface area contributed by atoms with Gasteiger partial charge >= 0.3 is 0 Å². The van der Waals surface area contributed by atoms with Crippen molar-refractivity contribution < 1.29 is 4.79 Å². The highest BCUT2D eigenvalue weighted by atomic mass is 16.2. The van der Waals surface area contributed by atoms with Gasteiger partial charge in [-0.15, -0.1) is 0 Å². The molecule has 1 aromatic carbocycles. The molecule has 19 heavy (non-hydrogen) atoms. The molecule has 0 aromatic heterocycles. The summed E-state index contributed by atoms with van der Waals surface area (Å²) in [7, 11) is 0. The highest BCUT2D eigenvalue weighted by Gasteiger charge is 2.25. The van der Waals surface area contributed by atoms with E-state index in [0.717, 1.165) is 13.0 Å². The first kappa shape index (κ1) is 13.6. The van der Waals surface area contributed by atoms with Crippen LogP contribution in [0.4, 0.5) is 0 Å². The second kappa shape index (κ2) is 6.35. The lowest BCUT2D eigenvalue weighted by molar-refractivity contribution is -0.133. The minimum atomic E-state index is -0.321. The summed E-state index contributed by atoms with van der Waals surface area (Å²) < 4.78 is 0. The number of rotatable bonds is 3.